The maximum atomic E-state index is 12.5. The Hall–Kier alpha value is -1.63. The summed E-state index contributed by atoms with van der Waals surface area (Å²) >= 11 is 0. The zero-order chi connectivity index (χ0) is 15.4. The summed E-state index contributed by atoms with van der Waals surface area (Å²) in [6, 6.07) is 5.37. The van der Waals surface area contributed by atoms with Crippen LogP contribution in [-0.2, 0) is 0 Å². The molecule has 0 saturated carbocycles. The van der Waals surface area contributed by atoms with Crippen molar-refractivity contribution in [2.24, 2.45) is 5.92 Å². The van der Waals surface area contributed by atoms with Crippen molar-refractivity contribution in [2.75, 3.05) is 26.7 Å². The van der Waals surface area contributed by atoms with Gasteiger partial charge in [0.05, 0.1) is 0 Å². The normalized spacial score (nSPS) is 14.6. The molecule has 0 atom stereocenters. The summed E-state index contributed by atoms with van der Waals surface area (Å²) in [5, 5.41) is 7.12. The minimum Gasteiger partial charge on any atom is -0.355 e. The van der Waals surface area contributed by atoms with Gasteiger partial charge in [-0.2, -0.15) is 0 Å². The Bertz CT molecular complexity index is 628. The van der Waals surface area contributed by atoms with Crippen LogP contribution >= 0.6 is 24.8 Å². The lowest BCUT2D eigenvalue weighted by Gasteiger charge is -2.31. The molecule has 0 spiro atoms. The molecular weight excluding hydrogens is 351 g/mol. The molecule has 1 aliphatic heterocycles. The number of hydrogen-bond acceptors (Lipinski definition) is 5. The third kappa shape index (κ3) is 4.69. The third-order valence-corrected chi connectivity index (χ3v) is 4.09. The highest BCUT2D eigenvalue weighted by Crippen LogP contribution is 2.22. The summed E-state index contributed by atoms with van der Waals surface area (Å²) in [6.45, 7) is 2.57. The molecule has 3 heterocycles. The first-order valence-electron chi connectivity index (χ1n) is 7.59. The number of hydrogen-bond donors (Lipinski definition) is 1. The van der Waals surface area contributed by atoms with Crippen molar-refractivity contribution in [2.45, 2.75) is 12.8 Å². The Morgan fingerprint density at radius 2 is 1.96 bits per heavy atom. The molecule has 1 amide bonds. The summed E-state index contributed by atoms with van der Waals surface area (Å²) in [7, 11) is 1.97. The van der Waals surface area contributed by atoms with Gasteiger partial charge in [-0.25, -0.2) is 0 Å². The van der Waals surface area contributed by atoms with Crippen molar-refractivity contribution < 1.29 is 9.32 Å². The average molecular weight is 373 g/mol. The van der Waals surface area contributed by atoms with Crippen LogP contribution in [0.2, 0.25) is 0 Å². The van der Waals surface area contributed by atoms with Gasteiger partial charge in [-0.05, 0) is 44.5 Å². The molecule has 8 heteroatoms. The van der Waals surface area contributed by atoms with E-state index < -0.39 is 0 Å². The van der Waals surface area contributed by atoms with Crippen LogP contribution in [0.5, 0.6) is 0 Å². The predicted molar refractivity (Wildman–Crippen MR) is 96.8 cm³/mol. The van der Waals surface area contributed by atoms with Gasteiger partial charge < -0.3 is 14.7 Å². The second-order valence-electron chi connectivity index (χ2n) is 5.61. The first-order chi connectivity index (χ1) is 10.8. The number of carbonyl (C=O) groups excluding carboxylic acids is 1. The van der Waals surface area contributed by atoms with Crippen LogP contribution in [0.25, 0.3) is 11.3 Å². The summed E-state index contributed by atoms with van der Waals surface area (Å²) in [6.07, 6.45) is 5.43. The molecule has 24 heavy (non-hydrogen) atoms. The largest absolute Gasteiger partial charge is 0.355 e. The number of piperidine rings is 1. The fourth-order valence-corrected chi connectivity index (χ4v) is 2.82. The van der Waals surface area contributed by atoms with Crippen LogP contribution in [-0.4, -0.2) is 47.6 Å². The number of halogens is 2. The number of amides is 1. The van der Waals surface area contributed by atoms with Crippen molar-refractivity contribution in [3.63, 3.8) is 0 Å². The van der Waals surface area contributed by atoms with E-state index in [2.05, 4.69) is 15.5 Å². The van der Waals surface area contributed by atoms with E-state index in [-0.39, 0.29) is 30.7 Å². The van der Waals surface area contributed by atoms with Gasteiger partial charge >= 0.3 is 0 Å². The zero-order valence-electron chi connectivity index (χ0n) is 13.5. The number of likely N-dealkylation sites (tertiary alicyclic amines) is 1. The van der Waals surface area contributed by atoms with Gasteiger partial charge in [-0.3, -0.25) is 9.78 Å². The van der Waals surface area contributed by atoms with Gasteiger partial charge in [0.1, 0.15) is 0 Å². The molecule has 0 aliphatic carbocycles. The molecule has 2 aromatic rings. The molecule has 132 valence electrons. The van der Waals surface area contributed by atoms with Crippen LogP contribution in [0.4, 0.5) is 0 Å². The van der Waals surface area contributed by atoms with Crippen molar-refractivity contribution in [3.05, 3.63) is 36.3 Å². The van der Waals surface area contributed by atoms with Crippen LogP contribution in [0.1, 0.15) is 23.3 Å². The smallest absolute Gasteiger partial charge is 0.276 e. The van der Waals surface area contributed by atoms with E-state index in [0.29, 0.717) is 17.4 Å². The highest BCUT2D eigenvalue weighted by molar-refractivity contribution is 5.93. The fourth-order valence-electron chi connectivity index (χ4n) is 2.82. The Morgan fingerprint density at radius 3 is 2.58 bits per heavy atom. The maximum absolute atomic E-state index is 12.5. The Morgan fingerprint density at radius 1 is 1.29 bits per heavy atom. The van der Waals surface area contributed by atoms with E-state index in [9.17, 15) is 4.79 Å². The standard InChI is InChI=1S/C16H20N4O2.2ClH/c1-17-11-12-4-8-20(9-5-12)16(21)14-10-15(22-19-14)13-2-6-18-7-3-13;;/h2-3,6-7,10,12,17H,4-5,8-9,11H2,1H3;2*1H. The SMILES string of the molecule is CNCC1CCN(C(=O)c2cc(-c3ccncc3)on2)CC1.Cl.Cl. The third-order valence-electron chi connectivity index (χ3n) is 4.09. The lowest BCUT2D eigenvalue weighted by atomic mass is 9.96. The van der Waals surface area contributed by atoms with E-state index in [1.54, 1.807) is 18.5 Å². The fraction of sp³-hybridized carbons (Fsp3) is 0.438. The number of carbonyl (C=O) groups is 1. The molecule has 1 fully saturated rings. The molecule has 1 N–H and O–H groups in total. The molecule has 3 rings (SSSR count). The van der Waals surface area contributed by atoms with Gasteiger partial charge in [-0.1, -0.05) is 5.16 Å². The average Bonchev–Trinajstić information content (AvgIpc) is 3.06. The summed E-state index contributed by atoms with van der Waals surface area (Å²) in [5.74, 6) is 1.20. The van der Waals surface area contributed by atoms with Gasteiger partial charge in [0.2, 0.25) is 0 Å². The minimum absolute atomic E-state index is 0. The van der Waals surface area contributed by atoms with Crippen molar-refractivity contribution in [3.8, 4) is 11.3 Å². The quantitative estimate of drug-likeness (QED) is 0.892. The Kier molecular flexibility index (Phi) is 8.18. The lowest BCUT2D eigenvalue weighted by Crippen LogP contribution is -2.40. The maximum Gasteiger partial charge on any atom is 0.276 e. The summed E-state index contributed by atoms with van der Waals surface area (Å²) in [5.41, 5.74) is 1.24. The van der Waals surface area contributed by atoms with Crippen molar-refractivity contribution in [1.29, 1.82) is 0 Å². The molecule has 0 radical (unpaired) electrons. The number of nitrogens with zero attached hydrogens (tertiary/aromatic N) is 3. The van der Waals surface area contributed by atoms with Gasteiger partial charge in [0, 0.05) is 37.1 Å². The molecule has 1 saturated heterocycles. The van der Waals surface area contributed by atoms with Gasteiger partial charge in [0.25, 0.3) is 5.91 Å². The molecular formula is C16H22Cl2N4O2. The minimum atomic E-state index is -0.0491. The second-order valence-corrected chi connectivity index (χ2v) is 5.61. The lowest BCUT2D eigenvalue weighted by molar-refractivity contribution is 0.0680. The van der Waals surface area contributed by atoms with Crippen LogP contribution < -0.4 is 5.32 Å². The Labute approximate surface area is 153 Å². The van der Waals surface area contributed by atoms with E-state index in [1.165, 1.54) is 0 Å². The molecule has 0 unspecified atom stereocenters. The zero-order valence-corrected chi connectivity index (χ0v) is 15.1. The second kappa shape index (κ2) is 9.61. The molecule has 0 bridgehead atoms. The highest BCUT2D eigenvalue weighted by atomic mass is 35.5. The van der Waals surface area contributed by atoms with E-state index >= 15 is 0 Å². The summed E-state index contributed by atoms with van der Waals surface area (Å²) < 4.78 is 5.29. The van der Waals surface area contributed by atoms with Crippen LogP contribution in [0, 0.1) is 5.92 Å². The molecule has 2 aromatic heterocycles. The highest BCUT2D eigenvalue weighted by Gasteiger charge is 2.25. The van der Waals surface area contributed by atoms with Gasteiger partial charge in [-0.15, -0.1) is 24.8 Å². The predicted octanol–water partition coefficient (Wildman–Crippen LogP) is 2.65. The van der Waals surface area contributed by atoms with E-state index in [1.807, 2.05) is 24.1 Å². The van der Waals surface area contributed by atoms with Crippen molar-refractivity contribution in [1.82, 2.24) is 20.4 Å². The van der Waals surface area contributed by atoms with E-state index in [4.69, 9.17) is 4.52 Å². The molecule has 1 aliphatic rings. The number of pyridine rings is 1. The number of rotatable bonds is 4. The molecule has 0 aromatic carbocycles. The first kappa shape index (κ1) is 20.4. The van der Waals surface area contributed by atoms with Crippen molar-refractivity contribution >= 4 is 30.7 Å². The first-order valence-corrected chi connectivity index (χ1v) is 7.59. The monoisotopic (exact) mass is 372 g/mol. The number of nitrogens with one attached hydrogen (secondary N) is 1. The topological polar surface area (TPSA) is 71.3 Å². The van der Waals surface area contributed by atoms with E-state index in [0.717, 1.165) is 38.0 Å². The number of aromatic nitrogens is 2. The van der Waals surface area contributed by atoms with Crippen LogP contribution in [0.15, 0.2) is 35.1 Å². The van der Waals surface area contributed by atoms with Gasteiger partial charge in [0.15, 0.2) is 11.5 Å². The summed E-state index contributed by atoms with van der Waals surface area (Å²) in [4.78, 5) is 18.3. The van der Waals surface area contributed by atoms with Crippen LogP contribution in [0.3, 0.4) is 0 Å². The molecule has 6 nitrogen and oxygen atoms in total. The Balaban J connectivity index is 0.00000144.